The molecule has 0 fully saturated rings. The zero-order valence-electron chi connectivity index (χ0n) is 11.7. The van der Waals surface area contributed by atoms with E-state index in [4.69, 9.17) is 5.73 Å². The van der Waals surface area contributed by atoms with Crippen LogP contribution in [0.1, 0.15) is 34.6 Å². The summed E-state index contributed by atoms with van der Waals surface area (Å²) in [6.07, 6.45) is 0.393. The van der Waals surface area contributed by atoms with E-state index in [0.717, 1.165) is 11.1 Å². The summed E-state index contributed by atoms with van der Waals surface area (Å²) in [5.74, 6) is -1.44. The second-order valence-corrected chi connectivity index (χ2v) is 5.94. The number of carbonyl (C=O) groups excluding carboxylic acids is 1. The van der Waals surface area contributed by atoms with Crippen LogP contribution in [0.2, 0.25) is 0 Å². The number of carbonyl (C=O) groups is 1. The van der Waals surface area contributed by atoms with Crippen LogP contribution in [0.3, 0.4) is 0 Å². The first-order valence-corrected chi connectivity index (χ1v) is 7.21. The van der Waals surface area contributed by atoms with Crippen LogP contribution >= 0.6 is 0 Å². The van der Waals surface area contributed by atoms with Crippen molar-refractivity contribution in [2.45, 2.75) is 17.9 Å². The van der Waals surface area contributed by atoms with E-state index < -0.39 is 17.4 Å². The highest BCUT2D eigenvalue weighted by atomic mass is 16.6. The molecule has 1 amide bonds. The zero-order valence-corrected chi connectivity index (χ0v) is 11.7. The molecule has 2 bridgehead atoms. The van der Waals surface area contributed by atoms with Crippen LogP contribution in [-0.2, 0) is 10.3 Å². The summed E-state index contributed by atoms with van der Waals surface area (Å²) in [7, 11) is 0. The quantitative estimate of drug-likeness (QED) is 0.680. The molecule has 2 aromatic rings. The molecule has 0 spiro atoms. The van der Waals surface area contributed by atoms with Crippen LogP contribution in [-0.4, -0.2) is 10.8 Å². The molecule has 0 saturated heterocycles. The summed E-state index contributed by atoms with van der Waals surface area (Å²) < 4.78 is 0. The standard InChI is InChI=1S/C17H14N2O3/c18-16(20)15-9-12-10-5-1-3-7-13(10)17(15,19(21)22)14-8-4-2-6-11(12)14/h1-8,12,15H,9H2,(H2,18,20). The van der Waals surface area contributed by atoms with E-state index in [1.54, 1.807) is 24.3 Å². The lowest BCUT2D eigenvalue weighted by atomic mass is 9.55. The van der Waals surface area contributed by atoms with Crippen LogP contribution in [0.25, 0.3) is 0 Å². The Morgan fingerprint density at radius 1 is 1.09 bits per heavy atom. The van der Waals surface area contributed by atoms with E-state index in [0.29, 0.717) is 17.5 Å². The fourth-order valence-electron chi connectivity index (χ4n) is 4.29. The molecule has 5 heteroatoms. The Bertz CT molecular complexity index is 768. The summed E-state index contributed by atoms with van der Waals surface area (Å²) >= 11 is 0. The van der Waals surface area contributed by atoms with Gasteiger partial charge in [0.05, 0.1) is 0 Å². The van der Waals surface area contributed by atoms with Crippen molar-refractivity contribution >= 4 is 5.91 Å². The molecule has 0 aliphatic heterocycles. The predicted octanol–water partition coefficient (Wildman–Crippen LogP) is 2.16. The first kappa shape index (κ1) is 13.0. The van der Waals surface area contributed by atoms with Crippen LogP contribution in [0.15, 0.2) is 48.5 Å². The van der Waals surface area contributed by atoms with E-state index in [1.165, 1.54) is 0 Å². The number of rotatable bonds is 2. The van der Waals surface area contributed by atoms with E-state index in [2.05, 4.69) is 0 Å². The highest BCUT2D eigenvalue weighted by Gasteiger charge is 2.65. The van der Waals surface area contributed by atoms with Gasteiger partial charge in [-0.15, -0.1) is 0 Å². The summed E-state index contributed by atoms with van der Waals surface area (Å²) in [6, 6.07) is 14.7. The van der Waals surface area contributed by atoms with Crippen molar-refractivity contribution in [1.82, 2.24) is 0 Å². The van der Waals surface area contributed by atoms with Gasteiger partial charge in [-0.05, 0) is 17.5 Å². The highest BCUT2D eigenvalue weighted by molar-refractivity contribution is 5.82. The van der Waals surface area contributed by atoms with Crippen molar-refractivity contribution in [2.75, 3.05) is 0 Å². The number of amides is 1. The fourth-order valence-corrected chi connectivity index (χ4v) is 4.29. The van der Waals surface area contributed by atoms with Crippen LogP contribution in [0.4, 0.5) is 0 Å². The van der Waals surface area contributed by atoms with Gasteiger partial charge in [-0.3, -0.25) is 14.9 Å². The molecule has 2 N–H and O–H groups in total. The second kappa shape index (κ2) is 4.16. The van der Waals surface area contributed by atoms with E-state index in [1.807, 2.05) is 24.3 Å². The number of fused-ring (bicyclic) bond motifs is 1. The number of hydrogen-bond acceptors (Lipinski definition) is 3. The van der Waals surface area contributed by atoms with Crippen LogP contribution in [0.5, 0.6) is 0 Å². The topological polar surface area (TPSA) is 86.2 Å². The second-order valence-electron chi connectivity index (χ2n) is 5.94. The van der Waals surface area contributed by atoms with Gasteiger partial charge < -0.3 is 5.73 Å². The van der Waals surface area contributed by atoms with Gasteiger partial charge in [-0.25, -0.2) is 0 Å². The van der Waals surface area contributed by atoms with Gasteiger partial charge in [0.2, 0.25) is 5.91 Å². The van der Waals surface area contributed by atoms with Crippen LogP contribution in [0, 0.1) is 16.0 Å². The SMILES string of the molecule is NC(=O)C1CC2c3ccccc3C1([N+](=O)[O-])c1ccccc12. The molecular weight excluding hydrogens is 280 g/mol. The monoisotopic (exact) mass is 294 g/mol. The summed E-state index contributed by atoms with van der Waals surface area (Å²) in [5.41, 5.74) is 7.09. The smallest absolute Gasteiger partial charge is 0.284 e. The van der Waals surface area contributed by atoms with Gasteiger partial charge in [-0.2, -0.15) is 0 Å². The van der Waals surface area contributed by atoms with Gasteiger partial charge in [-0.1, -0.05) is 48.5 Å². The molecule has 0 radical (unpaired) electrons. The van der Waals surface area contributed by atoms with E-state index >= 15 is 0 Å². The molecule has 5 nitrogen and oxygen atoms in total. The molecule has 3 aliphatic carbocycles. The lowest BCUT2D eigenvalue weighted by Gasteiger charge is -2.46. The van der Waals surface area contributed by atoms with Crippen molar-refractivity contribution in [3.05, 3.63) is 80.9 Å². The molecule has 0 saturated carbocycles. The van der Waals surface area contributed by atoms with Gasteiger partial charge >= 0.3 is 0 Å². The predicted molar refractivity (Wildman–Crippen MR) is 79.8 cm³/mol. The maximum atomic E-state index is 12.2. The number of primary amides is 1. The van der Waals surface area contributed by atoms with Gasteiger partial charge in [0.25, 0.3) is 5.54 Å². The average Bonchev–Trinajstić information content (AvgIpc) is 2.54. The third kappa shape index (κ3) is 1.31. The first-order chi connectivity index (χ1) is 10.6. The lowest BCUT2D eigenvalue weighted by molar-refractivity contribution is -0.577. The molecular formula is C17H14N2O3. The van der Waals surface area contributed by atoms with Crippen molar-refractivity contribution in [3.63, 3.8) is 0 Å². The molecule has 22 heavy (non-hydrogen) atoms. The van der Waals surface area contributed by atoms with E-state index in [9.17, 15) is 14.9 Å². The number of hydrogen-bond donors (Lipinski definition) is 1. The molecule has 0 heterocycles. The van der Waals surface area contributed by atoms with Crippen molar-refractivity contribution < 1.29 is 9.72 Å². The minimum Gasteiger partial charge on any atom is -0.369 e. The van der Waals surface area contributed by atoms with Gasteiger partial charge in [0, 0.05) is 22.0 Å². The molecule has 1 unspecified atom stereocenters. The summed E-state index contributed by atoms with van der Waals surface area (Å²) in [5, 5.41) is 12.2. The normalized spacial score (nSPS) is 27.8. The average molecular weight is 294 g/mol. The Kier molecular flexibility index (Phi) is 2.46. The molecule has 110 valence electrons. The minimum atomic E-state index is -1.56. The fraction of sp³-hybridized carbons (Fsp3) is 0.235. The maximum absolute atomic E-state index is 12.2. The van der Waals surface area contributed by atoms with Crippen LogP contribution < -0.4 is 5.73 Å². The molecule has 5 rings (SSSR count). The van der Waals surface area contributed by atoms with E-state index in [-0.39, 0.29) is 10.8 Å². The Balaban J connectivity index is 2.16. The summed E-state index contributed by atoms with van der Waals surface area (Å²) in [6.45, 7) is 0. The Labute approximate surface area is 126 Å². The van der Waals surface area contributed by atoms with Crippen molar-refractivity contribution in [3.8, 4) is 0 Å². The number of nitro groups is 1. The first-order valence-electron chi connectivity index (χ1n) is 7.21. The largest absolute Gasteiger partial charge is 0.369 e. The third-order valence-electron chi connectivity index (χ3n) is 5.10. The highest BCUT2D eigenvalue weighted by Crippen LogP contribution is 2.58. The Morgan fingerprint density at radius 2 is 1.59 bits per heavy atom. The Morgan fingerprint density at radius 3 is 2.05 bits per heavy atom. The van der Waals surface area contributed by atoms with Crippen molar-refractivity contribution in [2.24, 2.45) is 11.7 Å². The number of nitrogens with zero attached hydrogens (tertiary/aromatic N) is 1. The third-order valence-corrected chi connectivity index (χ3v) is 5.10. The molecule has 2 aromatic carbocycles. The van der Waals surface area contributed by atoms with Gasteiger partial charge in [0.15, 0.2) is 0 Å². The lowest BCUT2D eigenvalue weighted by Crippen LogP contribution is -2.56. The number of nitrogens with two attached hydrogens (primary N) is 1. The zero-order chi connectivity index (χ0) is 15.5. The Hall–Kier alpha value is -2.69. The molecule has 3 aliphatic rings. The van der Waals surface area contributed by atoms with Crippen molar-refractivity contribution in [1.29, 1.82) is 0 Å². The molecule has 1 atom stereocenters. The number of benzene rings is 2. The van der Waals surface area contributed by atoms with Gasteiger partial charge in [0.1, 0.15) is 5.92 Å². The minimum absolute atomic E-state index is 0.00766. The molecule has 0 aromatic heterocycles. The maximum Gasteiger partial charge on any atom is 0.284 e. The summed E-state index contributed by atoms with van der Waals surface area (Å²) in [4.78, 5) is 23.8.